The molecule has 0 fully saturated rings. The molecule has 92 valence electrons. The maximum atomic E-state index is 10.6. The molecule has 0 saturated carbocycles. The van der Waals surface area contributed by atoms with Crippen LogP contribution in [0.2, 0.25) is 5.02 Å². The molecule has 1 aliphatic heterocycles. The summed E-state index contributed by atoms with van der Waals surface area (Å²) in [6.07, 6.45) is 0.392. The fourth-order valence-corrected chi connectivity index (χ4v) is 2.65. The zero-order valence-electron chi connectivity index (χ0n) is 9.07. The summed E-state index contributed by atoms with van der Waals surface area (Å²) in [5.74, 6) is 2.49. The van der Waals surface area contributed by atoms with Crippen molar-refractivity contribution in [3.05, 3.63) is 22.7 Å². The van der Waals surface area contributed by atoms with E-state index in [0.29, 0.717) is 28.7 Å². The van der Waals surface area contributed by atoms with Crippen LogP contribution in [0.1, 0.15) is 12.0 Å². The maximum Gasteiger partial charge on any atom is 0.231 e. The maximum absolute atomic E-state index is 10.6. The van der Waals surface area contributed by atoms with Crippen LogP contribution in [0.3, 0.4) is 0 Å². The van der Waals surface area contributed by atoms with Crippen molar-refractivity contribution >= 4 is 29.3 Å². The molecule has 0 unspecified atom stereocenters. The van der Waals surface area contributed by atoms with Gasteiger partial charge in [0, 0.05) is 17.9 Å². The summed E-state index contributed by atoms with van der Waals surface area (Å²) in [6.45, 7) is 0.216. The number of hydrogen-bond acceptors (Lipinski definition) is 4. The van der Waals surface area contributed by atoms with Crippen LogP contribution >= 0.6 is 23.4 Å². The van der Waals surface area contributed by atoms with Crippen molar-refractivity contribution in [2.45, 2.75) is 12.2 Å². The minimum atomic E-state index is -0.277. The summed E-state index contributed by atoms with van der Waals surface area (Å²) < 4.78 is 10.5. The van der Waals surface area contributed by atoms with Crippen LogP contribution in [-0.2, 0) is 10.5 Å². The lowest BCUT2D eigenvalue weighted by atomic mass is 10.2. The molecule has 2 rings (SSSR count). The summed E-state index contributed by atoms with van der Waals surface area (Å²) in [5, 5.41) is 0.561. The Morgan fingerprint density at radius 2 is 2.29 bits per heavy atom. The van der Waals surface area contributed by atoms with Crippen molar-refractivity contribution in [1.29, 1.82) is 0 Å². The first-order valence-corrected chi connectivity index (χ1v) is 6.64. The van der Waals surface area contributed by atoms with Gasteiger partial charge in [0.05, 0.1) is 5.02 Å². The van der Waals surface area contributed by atoms with E-state index < -0.39 is 0 Å². The Hall–Kier alpha value is -1.07. The second kappa shape index (κ2) is 5.51. The van der Waals surface area contributed by atoms with Gasteiger partial charge < -0.3 is 15.2 Å². The third-order valence-electron chi connectivity index (χ3n) is 2.25. The molecule has 1 aromatic rings. The van der Waals surface area contributed by atoms with Gasteiger partial charge in [0.25, 0.3) is 0 Å². The Bertz CT molecular complexity index is 439. The van der Waals surface area contributed by atoms with E-state index in [1.807, 2.05) is 12.1 Å². The predicted molar refractivity (Wildman–Crippen MR) is 67.5 cm³/mol. The standard InChI is InChI=1S/C11H12ClNO3S/c12-8-3-7(5-17-2-1-10(13)14)4-9-11(8)16-6-15-9/h3-4H,1-2,5-6H2,(H2,13,14). The normalized spacial score (nSPS) is 12.8. The molecule has 17 heavy (non-hydrogen) atoms. The molecular weight excluding hydrogens is 262 g/mol. The second-order valence-corrected chi connectivity index (χ2v) is 5.09. The van der Waals surface area contributed by atoms with E-state index in [1.54, 1.807) is 11.8 Å². The first kappa shape index (κ1) is 12.4. The highest BCUT2D eigenvalue weighted by atomic mass is 35.5. The number of fused-ring (bicyclic) bond motifs is 1. The molecule has 2 N–H and O–H groups in total. The highest BCUT2D eigenvalue weighted by molar-refractivity contribution is 7.98. The van der Waals surface area contributed by atoms with Crippen molar-refractivity contribution in [3.8, 4) is 11.5 Å². The number of carbonyl (C=O) groups excluding carboxylic acids is 1. The van der Waals surface area contributed by atoms with Crippen LogP contribution < -0.4 is 15.2 Å². The molecule has 4 nitrogen and oxygen atoms in total. The van der Waals surface area contributed by atoms with Crippen molar-refractivity contribution < 1.29 is 14.3 Å². The molecule has 0 radical (unpaired) electrons. The number of rotatable bonds is 5. The molecular formula is C11H12ClNO3S. The number of primary amides is 1. The average molecular weight is 274 g/mol. The summed E-state index contributed by atoms with van der Waals surface area (Å²) in [4.78, 5) is 10.6. The summed E-state index contributed by atoms with van der Waals surface area (Å²) in [5.41, 5.74) is 6.11. The number of amides is 1. The summed E-state index contributed by atoms with van der Waals surface area (Å²) >= 11 is 7.68. The quantitative estimate of drug-likeness (QED) is 0.836. The Morgan fingerprint density at radius 3 is 3.06 bits per heavy atom. The van der Waals surface area contributed by atoms with Gasteiger partial charge in [-0.2, -0.15) is 11.8 Å². The van der Waals surface area contributed by atoms with E-state index in [4.69, 9.17) is 26.8 Å². The SMILES string of the molecule is NC(=O)CCSCc1cc(Cl)c2c(c1)OCO2. The zero-order chi connectivity index (χ0) is 12.3. The molecule has 1 heterocycles. The van der Waals surface area contributed by atoms with Gasteiger partial charge in [-0.05, 0) is 17.7 Å². The van der Waals surface area contributed by atoms with Crippen molar-refractivity contribution in [3.63, 3.8) is 0 Å². The van der Waals surface area contributed by atoms with E-state index in [9.17, 15) is 4.79 Å². The Balaban J connectivity index is 1.93. The predicted octanol–water partition coefficient (Wildman–Crippen LogP) is 2.18. The molecule has 0 aliphatic carbocycles. The number of benzene rings is 1. The van der Waals surface area contributed by atoms with E-state index in [0.717, 1.165) is 11.3 Å². The zero-order valence-corrected chi connectivity index (χ0v) is 10.6. The Kier molecular flexibility index (Phi) is 4.02. The van der Waals surface area contributed by atoms with E-state index in [-0.39, 0.29) is 12.7 Å². The number of nitrogens with two attached hydrogens (primary N) is 1. The molecule has 6 heteroatoms. The molecule has 0 aromatic heterocycles. The van der Waals surface area contributed by atoms with Gasteiger partial charge in [0.15, 0.2) is 11.5 Å². The second-order valence-electron chi connectivity index (χ2n) is 3.58. The van der Waals surface area contributed by atoms with Gasteiger partial charge in [-0.25, -0.2) is 0 Å². The third kappa shape index (κ3) is 3.20. The highest BCUT2D eigenvalue weighted by Gasteiger charge is 2.18. The molecule has 0 spiro atoms. The molecule has 1 aromatic carbocycles. The van der Waals surface area contributed by atoms with Crippen molar-refractivity contribution in [1.82, 2.24) is 0 Å². The topological polar surface area (TPSA) is 61.6 Å². The minimum Gasteiger partial charge on any atom is -0.454 e. The fourth-order valence-electron chi connectivity index (χ4n) is 1.47. The third-order valence-corrected chi connectivity index (χ3v) is 3.56. The van der Waals surface area contributed by atoms with Crippen LogP contribution in [0.4, 0.5) is 0 Å². The molecule has 1 aliphatic rings. The van der Waals surface area contributed by atoms with Gasteiger partial charge in [-0.1, -0.05) is 11.6 Å². The first-order chi connectivity index (χ1) is 8.16. The molecule has 0 bridgehead atoms. The lowest BCUT2D eigenvalue weighted by Crippen LogP contribution is -2.10. The molecule has 0 saturated heterocycles. The van der Waals surface area contributed by atoms with Crippen LogP contribution in [-0.4, -0.2) is 18.5 Å². The van der Waals surface area contributed by atoms with E-state index in [1.165, 1.54) is 0 Å². The molecule has 0 atom stereocenters. The van der Waals surface area contributed by atoms with Crippen LogP contribution in [0.15, 0.2) is 12.1 Å². The molecule has 1 amide bonds. The fraction of sp³-hybridized carbons (Fsp3) is 0.364. The number of ether oxygens (including phenoxy) is 2. The monoisotopic (exact) mass is 273 g/mol. The summed E-state index contributed by atoms with van der Waals surface area (Å²) in [6, 6.07) is 3.76. The smallest absolute Gasteiger partial charge is 0.231 e. The largest absolute Gasteiger partial charge is 0.454 e. The van der Waals surface area contributed by atoms with Crippen LogP contribution in [0.5, 0.6) is 11.5 Å². The number of hydrogen-bond donors (Lipinski definition) is 1. The van der Waals surface area contributed by atoms with Crippen molar-refractivity contribution in [2.75, 3.05) is 12.5 Å². The highest BCUT2D eigenvalue weighted by Crippen LogP contribution is 2.40. The summed E-state index contributed by atoms with van der Waals surface area (Å²) in [7, 11) is 0. The first-order valence-electron chi connectivity index (χ1n) is 5.11. The van der Waals surface area contributed by atoms with Gasteiger partial charge >= 0.3 is 0 Å². The van der Waals surface area contributed by atoms with Gasteiger partial charge in [-0.15, -0.1) is 0 Å². The number of halogens is 1. The number of carbonyl (C=O) groups is 1. The van der Waals surface area contributed by atoms with Crippen LogP contribution in [0.25, 0.3) is 0 Å². The van der Waals surface area contributed by atoms with Gasteiger partial charge in [-0.3, -0.25) is 4.79 Å². The van der Waals surface area contributed by atoms with Crippen molar-refractivity contribution in [2.24, 2.45) is 5.73 Å². The minimum absolute atomic E-state index is 0.216. The van der Waals surface area contributed by atoms with Crippen LogP contribution in [0, 0.1) is 0 Å². The van der Waals surface area contributed by atoms with Gasteiger partial charge in [0.1, 0.15) is 0 Å². The van der Waals surface area contributed by atoms with E-state index in [2.05, 4.69) is 0 Å². The van der Waals surface area contributed by atoms with Gasteiger partial charge in [0.2, 0.25) is 12.7 Å². The Morgan fingerprint density at radius 1 is 1.47 bits per heavy atom. The lowest BCUT2D eigenvalue weighted by Gasteiger charge is -2.04. The Labute approximate surface area is 108 Å². The average Bonchev–Trinajstić information content (AvgIpc) is 2.72. The van der Waals surface area contributed by atoms with E-state index >= 15 is 0 Å². The lowest BCUT2D eigenvalue weighted by molar-refractivity contribution is -0.117. The number of thioether (sulfide) groups is 1.